The van der Waals surface area contributed by atoms with E-state index in [-0.39, 0.29) is 18.4 Å². The second kappa shape index (κ2) is 4.90. The van der Waals surface area contributed by atoms with E-state index >= 15 is 0 Å². The number of rotatable bonds is 1. The van der Waals surface area contributed by atoms with Crippen molar-refractivity contribution in [2.45, 2.75) is 6.04 Å². The van der Waals surface area contributed by atoms with Crippen LogP contribution in [0.3, 0.4) is 0 Å². The van der Waals surface area contributed by atoms with Gasteiger partial charge in [0.15, 0.2) is 0 Å². The van der Waals surface area contributed by atoms with Crippen molar-refractivity contribution >= 4 is 36.2 Å². The molecule has 2 heterocycles. The van der Waals surface area contributed by atoms with Crippen LogP contribution in [-0.2, 0) is 0 Å². The Morgan fingerprint density at radius 1 is 1.24 bits per heavy atom. The van der Waals surface area contributed by atoms with Crippen LogP contribution >= 0.6 is 24.0 Å². The molecule has 2 aliphatic heterocycles. The summed E-state index contributed by atoms with van der Waals surface area (Å²) in [5.41, 5.74) is 1.22. The number of benzene rings is 1. The first-order chi connectivity index (χ1) is 7.83. The van der Waals surface area contributed by atoms with Gasteiger partial charge in [-0.15, -0.1) is 12.4 Å². The zero-order chi connectivity index (χ0) is 11.0. The van der Waals surface area contributed by atoms with E-state index in [2.05, 4.69) is 22.1 Å². The van der Waals surface area contributed by atoms with Gasteiger partial charge >= 0.3 is 0 Å². The molecule has 88 valence electrons. The van der Waals surface area contributed by atoms with Crippen molar-refractivity contribution in [3.63, 3.8) is 0 Å². The standard InChI is InChI=1S/C12H10ClN3.ClH/c13-11-6-12-15-10(7-16(12)8-14-11)9-4-2-1-3-5-9;/h1-6,8,10H,7H2;1H. The monoisotopic (exact) mass is 267 g/mol. The lowest BCUT2D eigenvalue weighted by molar-refractivity contribution is 0.601. The third kappa shape index (κ3) is 2.35. The average molecular weight is 268 g/mol. The predicted octanol–water partition coefficient (Wildman–Crippen LogP) is 2.99. The molecule has 3 rings (SSSR count). The molecule has 1 aromatic rings. The van der Waals surface area contributed by atoms with Crippen molar-refractivity contribution in [2.24, 2.45) is 9.98 Å². The minimum Gasteiger partial charge on any atom is -0.315 e. The van der Waals surface area contributed by atoms with Gasteiger partial charge in [-0.25, -0.2) is 4.99 Å². The molecule has 0 saturated heterocycles. The molecule has 0 aliphatic carbocycles. The highest BCUT2D eigenvalue weighted by molar-refractivity contribution is 6.32. The molecule has 0 N–H and O–H groups in total. The number of hydrogen-bond donors (Lipinski definition) is 0. The molecule has 0 amide bonds. The Labute approximate surface area is 111 Å². The largest absolute Gasteiger partial charge is 0.315 e. The summed E-state index contributed by atoms with van der Waals surface area (Å²) in [6.45, 7) is 0.837. The third-order valence-electron chi connectivity index (χ3n) is 2.71. The van der Waals surface area contributed by atoms with E-state index in [1.807, 2.05) is 23.1 Å². The van der Waals surface area contributed by atoms with Crippen LogP contribution in [0.15, 0.2) is 51.5 Å². The highest BCUT2D eigenvalue weighted by Crippen LogP contribution is 2.26. The van der Waals surface area contributed by atoms with Crippen LogP contribution in [0, 0.1) is 0 Å². The van der Waals surface area contributed by atoms with Gasteiger partial charge in [-0.1, -0.05) is 41.9 Å². The molecule has 0 fully saturated rings. The fraction of sp³-hybridized carbons (Fsp3) is 0.167. The van der Waals surface area contributed by atoms with Gasteiger partial charge in [0.05, 0.1) is 18.9 Å². The lowest BCUT2D eigenvalue weighted by atomic mass is 10.1. The highest BCUT2D eigenvalue weighted by atomic mass is 35.5. The van der Waals surface area contributed by atoms with Crippen molar-refractivity contribution in [3.8, 4) is 0 Å². The summed E-state index contributed by atoms with van der Waals surface area (Å²) in [6.07, 6.45) is 3.54. The molecule has 0 radical (unpaired) electrons. The molecule has 0 spiro atoms. The Bertz CT molecular complexity index is 494. The van der Waals surface area contributed by atoms with Crippen LogP contribution < -0.4 is 0 Å². The van der Waals surface area contributed by atoms with E-state index in [1.165, 1.54) is 5.56 Å². The molecule has 1 unspecified atom stereocenters. The summed E-state index contributed by atoms with van der Waals surface area (Å²) in [7, 11) is 0. The Hall–Kier alpha value is -1.32. The summed E-state index contributed by atoms with van der Waals surface area (Å²) in [4.78, 5) is 10.7. The summed E-state index contributed by atoms with van der Waals surface area (Å²) in [5.74, 6) is 0.897. The molecule has 17 heavy (non-hydrogen) atoms. The quantitative estimate of drug-likeness (QED) is 0.719. The van der Waals surface area contributed by atoms with Gasteiger partial charge in [0.2, 0.25) is 0 Å². The number of aliphatic imine (C=N–C) groups is 2. The number of halogens is 2. The Kier molecular flexibility index (Phi) is 3.50. The smallest absolute Gasteiger partial charge is 0.134 e. The first kappa shape index (κ1) is 12.1. The maximum absolute atomic E-state index is 5.83. The van der Waals surface area contributed by atoms with Crippen molar-refractivity contribution in [3.05, 3.63) is 47.1 Å². The topological polar surface area (TPSA) is 28.0 Å². The number of nitrogens with zero attached hydrogens (tertiary/aromatic N) is 3. The van der Waals surface area contributed by atoms with Crippen LogP contribution in [0.4, 0.5) is 0 Å². The molecular weight excluding hydrogens is 257 g/mol. The third-order valence-corrected chi connectivity index (χ3v) is 2.91. The normalized spacial score (nSPS) is 21.5. The number of fused-ring (bicyclic) bond motifs is 1. The van der Waals surface area contributed by atoms with E-state index in [0.717, 1.165) is 12.4 Å². The van der Waals surface area contributed by atoms with E-state index < -0.39 is 0 Å². The van der Waals surface area contributed by atoms with Crippen molar-refractivity contribution < 1.29 is 0 Å². The van der Waals surface area contributed by atoms with Crippen LogP contribution in [0.2, 0.25) is 0 Å². The van der Waals surface area contributed by atoms with E-state index in [1.54, 1.807) is 12.4 Å². The SMILES string of the molecule is Cl.ClC1=CC2=NC(c3ccccc3)CN2C=N1. The molecule has 1 aromatic carbocycles. The second-order valence-corrected chi connectivity index (χ2v) is 4.17. The number of hydrogen-bond acceptors (Lipinski definition) is 3. The van der Waals surface area contributed by atoms with Crippen LogP contribution in [0.25, 0.3) is 0 Å². The molecule has 2 aliphatic rings. The second-order valence-electron chi connectivity index (χ2n) is 3.78. The number of amidine groups is 1. The minimum atomic E-state index is 0. The summed E-state index contributed by atoms with van der Waals surface area (Å²) < 4.78 is 0. The molecule has 0 bridgehead atoms. The minimum absolute atomic E-state index is 0. The van der Waals surface area contributed by atoms with Crippen molar-refractivity contribution in [1.29, 1.82) is 0 Å². The van der Waals surface area contributed by atoms with Crippen LogP contribution in [0.1, 0.15) is 11.6 Å². The molecule has 0 saturated carbocycles. The van der Waals surface area contributed by atoms with Crippen molar-refractivity contribution in [1.82, 2.24) is 4.90 Å². The van der Waals surface area contributed by atoms with Gasteiger partial charge in [-0.2, -0.15) is 0 Å². The van der Waals surface area contributed by atoms with Gasteiger partial charge in [-0.05, 0) is 5.56 Å². The maximum Gasteiger partial charge on any atom is 0.134 e. The fourth-order valence-corrected chi connectivity index (χ4v) is 2.05. The molecule has 1 atom stereocenters. The molecule has 5 heteroatoms. The lowest BCUT2D eigenvalue weighted by Crippen LogP contribution is -2.27. The molecular formula is C12H11Cl2N3. The molecule has 0 aromatic heterocycles. The van der Waals surface area contributed by atoms with Crippen LogP contribution in [-0.4, -0.2) is 23.6 Å². The zero-order valence-corrected chi connectivity index (χ0v) is 10.5. The first-order valence-corrected chi connectivity index (χ1v) is 5.51. The predicted molar refractivity (Wildman–Crippen MR) is 73.0 cm³/mol. The van der Waals surface area contributed by atoms with E-state index in [9.17, 15) is 0 Å². The Morgan fingerprint density at radius 2 is 2.00 bits per heavy atom. The summed E-state index contributed by atoms with van der Waals surface area (Å²) in [6, 6.07) is 10.4. The van der Waals surface area contributed by atoms with Crippen molar-refractivity contribution in [2.75, 3.05) is 6.54 Å². The van der Waals surface area contributed by atoms with Gasteiger partial charge in [-0.3, -0.25) is 4.99 Å². The van der Waals surface area contributed by atoms with E-state index in [4.69, 9.17) is 11.6 Å². The molecule has 3 nitrogen and oxygen atoms in total. The summed E-state index contributed by atoms with van der Waals surface area (Å²) >= 11 is 5.83. The van der Waals surface area contributed by atoms with Gasteiger partial charge in [0.1, 0.15) is 11.0 Å². The van der Waals surface area contributed by atoms with Gasteiger partial charge in [0.25, 0.3) is 0 Å². The Morgan fingerprint density at radius 3 is 2.76 bits per heavy atom. The average Bonchev–Trinajstić information content (AvgIpc) is 2.73. The van der Waals surface area contributed by atoms with Gasteiger partial charge in [0, 0.05) is 6.08 Å². The summed E-state index contributed by atoms with van der Waals surface area (Å²) in [5, 5.41) is 0.490. The first-order valence-electron chi connectivity index (χ1n) is 5.14. The maximum atomic E-state index is 5.83. The Balaban J connectivity index is 0.00000108. The fourth-order valence-electron chi connectivity index (χ4n) is 1.90. The van der Waals surface area contributed by atoms with Crippen LogP contribution in [0.5, 0.6) is 0 Å². The van der Waals surface area contributed by atoms with Gasteiger partial charge < -0.3 is 4.90 Å². The lowest BCUT2D eigenvalue weighted by Gasteiger charge is -2.15. The van der Waals surface area contributed by atoms with E-state index in [0.29, 0.717) is 5.16 Å². The zero-order valence-electron chi connectivity index (χ0n) is 8.95. The highest BCUT2D eigenvalue weighted by Gasteiger charge is 2.25.